The predicted octanol–water partition coefficient (Wildman–Crippen LogP) is 3.59. The molecule has 0 unspecified atom stereocenters. The molecule has 0 atom stereocenters. The largest absolute Gasteiger partial charge is 0.417 e. The summed E-state index contributed by atoms with van der Waals surface area (Å²) in [5, 5.41) is 8.78. The van der Waals surface area contributed by atoms with Crippen molar-refractivity contribution in [1.82, 2.24) is 0 Å². The van der Waals surface area contributed by atoms with E-state index in [2.05, 4.69) is 13.2 Å². The number of hydrogen-bond acceptors (Lipinski definition) is 3. The number of hydrogen-bond donors (Lipinski definition) is 0. The van der Waals surface area contributed by atoms with Crippen molar-refractivity contribution in [2.24, 2.45) is 0 Å². The number of carbonyl (C=O) groups is 2. The molecule has 0 fully saturated rings. The maximum atomic E-state index is 13.0. The summed E-state index contributed by atoms with van der Waals surface area (Å²) in [4.78, 5) is 24.8. The molecule has 7 heteroatoms. The lowest BCUT2D eigenvalue weighted by atomic mass is 10.1. The van der Waals surface area contributed by atoms with Gasteiger partial charge in [-0.1, -0.05) is 13.2 Å². The number of nitrogens with zero attached hydrogens (tertiary/aromatic N) is 2. The summed E-state index contributed by atoms with van der Waals surface area (Å²) in [6.45, 7) is 9.46. The number of anilines is 1. The monoisotopic (exact) mass is 322 g/mol. The van der Waals surface area contributed by atoms with E-state index < -0.39 is 29.1 Å². The van der Waals surface area contributed by atoms with Gasteiger partial charge in [-0.2, -0.15) is 18.4 Å². The Hall–Kier alpha value is -2.88. The van der Waals surface area contributed by atoms with E-state index in [1.807, 2.05) is 0 Å². The zero-order valence-electron chi connectivity index (χ0n) is 12.5. The molecule has 0 saturated carbocycles. The highest BCUT2D eigenvalue weighted by Crippen LogP contribution is 2.35. The lowest BCUT2D eigenvalue weighted by Crippen LogP contribution is -2.38. The van der Waals surface area contributed by atoms with E-state index in [0.29, 0.717) is 11.0 Å². The first-order valence-corrected chi connectivity index (χ1v) is 6.31. The van der Waals surface area contributed by atoms with Gasteiger partial charge in [-0.25, -0.2) is 4.90 Å². The van der Waals surface area contributed by atoms with Crippen molar-refractivity contribution in [1.29, 1.82) is 5.26 Å². The number of benzene rings is 1. The van der Waals surface area contributed by atoms with Crippen molar-refractivity contribution in [2.75, 3.05) is 4.90 Å². The molecule has 1 aromatic carbocycles. The Morgan fingerprint density at radius 2 is 1.61 bits per heavy atom. The Labute approximate surface area is 131 Å². The zero-order valence-corrected chi connectivity index (χ0v) is 12.5. The molecule has 120 valence electrons. The SMILES string of the molecule is C=C(C)C(=O)N(C(=O)C(=C)C)c1ccc(C#N)c(C(F)(F)F)c1. The maximum Gasteiger partial charge on any atom is 0.417 e. The summed E-state index contributed by atoms with van der Waals surface area (Å²) in [6, 6.07) is 4.01. The molecule has 1 rings (SSSR count). The van der Waals surface area contributed by atoms with Crippen LogP contribution in [0.4, 0.5) is 18.9 Å². The smallest absolute Gasteiger partial charge is 0.269 e. The molecular formula is C16H13F3N2O2. The van der Waals surface area contributed by atoms with E-state index >= 15 is 0 Å². The van der Waals surface area contributed by atoms with Crippen molar-refractivity contribution in [3.63, 3.8) is 0 Å². The van der Waals surface area contributed by atoms with E-state index in [1.165, 1.54) is 19.9 Å². The predicted molar refractivity (Wildman–Crippen MR) is 78.3 cm³/mol. The minimum absolute atomic E-state index is 0.0301. The summed E-state index contributed by atoms with van der Waals surface area (Å²) in [7, 11) is 0. The molecule has 0 aliphatic rings. The third kappa shape index (κ3) is 3.86. The first-order chi connectivity index (χ1) is 10.5. The molecule has 0 N–H and O–H groups in total. The number of alkyl halides is 3. The second kappa shape index (κ2) is 6.48. The van der Waals surface area contributed by atoms with Crippen LogP contribution in [0, 0.1) is 11.3 Å². The fraction of sp³-hybridized carbons (Fsp3) is 0.188. The van der Waals surface area contributed by atoms with Crippen LogP contribution >= 0.6 is 0 Å². The highest BCUT2D eigenvalue weighted by molar-refractivity contribution is 6.24. The van der Waals surface area contributed by atoms with Crippen LogP contribution in [0.25, 0.3) is 0 Å². The fourth-order valence-corrected chi connectivity index (χ4v) is 1.71. The van der Waals surface area contributed by atoms with Crippen molar-refractivity contribution >= 4 is 17.5 Å². The van der Waals surface area contributed by atoms with Crippen LogP contribution in [-0.2, 0) is 15.8 Å². The van der Waals surface area contributed by atoms with Crippen molar-refractivity contribution in [2.45, 2.75) is 20.0 Å². The van der Waals surface area contributed by atoms with Crippen LogP contribution in [-0.4, -0.2) is 11.8 Å². The van der Waals surface area contributed by atoms with Crippen LogP contribution < -0.4 is 4.90 Å². The lowest BCUT2D eigenvalue weighted by molar-refractivity contribution is -0.138. The van der Waals surface area contributed by atoms with E-state index in [4.69, 9.17) is 5.26 Å². The number of rotatable bonds is 3. The Bertz CT molecular complexity index is 717. The molecule has 0 aliphatic carbocycles. The third-order valence-electron chi connectivity index (χ3n) is 2.82. The highest BCUT2D eigenvalue weighted by Gasteiger charge is 2.35. The van der Waals surface area contributed by atoms with Gasteiger partial charge in [0.25, 0.3) is 11.8 Å². The van der Waals surface area contributed by atoms with Crippen LogP contribution in [0.15, 0.2) is 42.5 Å². The Kier molecular flexibility index (Phi) is 5.12. The second-order valence-corrected chi connectivity index (χ2v) is 4.85. The minimum Gasteiger partial charge on any atom is -0.269 e. The molecule has 0 radical (unpaired) electrons. The second-order valence-electron chi connectivity index (χ2n) is 4.85. The Morgan fingerprint density at radius 1 is 1.13 bits per heavy atom. The van der Waals surface area contributed by atoms with Gasteiger partial charge in [0.15, 0.2) is 0 Å². The standard InChI is InChI=1S/C16H13F3N2O2/c1-9(2)14(22)21(15(23)10(3)4)12-6-5-11(8-20)13(7-12)16(17,18)19/h5-7H,1,3H2,2,4H3. The van der Waals surface area contributed by atoms with Gasteiger partial charge in [-0.15, -0.1) is 0 Å². The quantitative estimate of drug-likeness (QED) is 0.799. The number of amides is 2. The van der Waals surface area contributed by atoms with Crippen LogP contribution in [0.2, 0.25) is 0 Å². The van der Waals surface area contributed by atoms with Crippen molar-refractivity contribution in [3.05, 3.63) is 53.6 Å². The van der Waals surface area contributed by atoms with Crippen molar-refractivity contribution in [3.8, 4) is 6.07 Å². The normalized spacial score (nSPS) is 10.6. The van der Waals surface area contributed by atoms with E-state index in [-0.39, 0.29) is 16.8 Å². The molecule has 23 heavy (non-hydrogen) atoms. The first kappa shape index (κ1) is 18.2. The summed E-state index contributed by atoms with van der Waals surface area (Å²) < 4.78 is 39.1. The van der Waals surface area contributed by atoms with Crippen LogP contribution in [0.5, 0.6) is 0 Å². The zero-order chi connectivity index (χ0) is 17.9. The van der Waals surface area contributed by atoms with Gasteiger partial charge in [-0.05, 0) is 32.0 Å². The molecular weight excluding hydrogens is 309 g/mol. The average Bonchev–Trinajstić information content (AvgIpc) is 2.45. The lowest BCUT2D eigenvalue weighted by Gasteiger charge is -2.22. The maximum absolute atomic E-state index is 13.0. The molecule has 0 bridgehead atoms. The summed E-state index contributed by atoms with van der Waals surface area (Å²) in [5.74, 6) is -1.70. The molecule has 2 amide bonds. The van der Waals surface area contributed by atoms with Gasteiger partial charge >= 0.3 is 6.18 Å². The fourth-order valence-electron chi connectivity index (χ4n) is 1.71. The number of nitriles is 1. The van der Waals surface area contributed by atoms with Gasteiger partial charge in [0, 0.05) is 11.1 Å². The van der Waals surface area contributed by atoms with Gasteiger partial charge in [0.1, 0.15) is 0 Å². The van der Waals surface area contributed by atoms with Gasteiger partial charge in [0.05, 0.1) is 22.9 Å². The van der Waals surface area contributed by atoms with Crippen LogP contribution in [0.3, 0.4) is 0 Å². The third-order valence-corrected chi connectivity index (χ3v) is 2.82. The minimum atomic E-state index is -4.80. The van der Waals surface area contributed by atoms with Crippen LogP contribution in [0.1, 0.15) is 25.0 Å². The molecule has 0 aromatic heterocycles. The summed E-state index contributed by atoms with van der Waals surface area (Å²) in [5.41, 5.74) is -2.20. The van der Waals surface area contributed by atoms with E-state index in [0.717, 1.165) is 12.1 Å². The van der Waals surface area contributed by atoms with E-state index in [1.54, 1.807) is 0 Å². The molecule has 0 saturated heterocycles. The number of carbonyl (C=O) groups excluding carboxylic acids is 2. The molecule has 0 spiro atoms. The van der Waals surface area contributed by atoms with Gasteiger partial charge in [-0.3, -0.25) is 9.59 Å². The highest BCUT2D eigenvalue weighted by atomic mass is 19.4. The number of imide groups is 1. The Morgan fingerprint density at radius 3 is 1.96 bits per heavy atom. The molecule has 0 heterocycles. The van der Waals surface area contributed by atoms with E-state index in [9.17, 15) is 22.8 Å². The topological polar surface area (TPSA) is 61.2 Å². The summed E-state index contributed by atoms with van der Waals surface area (Å²) >= 11 is 0. The van der Waals surface area contributed by atoms with Gasteiger partial charge in [0.2, 0.25) is 0 Å². The molecule has 1 aromatic rings. The molecule has 0 aliphatic heterocycles. The average molecular weight is 322 g/mol. The summed E-state index contributed by atoms with van der Waals surface area (Å²) in [6.07, 6.45) is -4.80. The molecule has 4 nitrogen and oxygen atoms in total. The number of halogens is 3. The van der Waals surface area contributed by atoms with Gasteiger partial charge < -0.3 is 0 Å². The van der Waals surface area contributed by atoms with Crippen molar-refractivity contribution < 1.29 is 22.8 Å². The Balaban J connectivity index is 3.59. The first-order valence-electron chi connectivity index (χ1n) is 6.31.